The zero-order chi connectivity index (χ0) is 19.1. The summed E-state index contributed by atoms with van der Waals surface area (Å²) in [5.74, 6) is 0.329. The molecule has 3 nitrogen and oxygen atoms in total. The van der Waals surface area contributed by atoms with E-state index in [1.165, 1.54) is 11.3 Å². The summed E-state index contributed by atoms with van der Waals surface area (Å²) in [4.78, 5) is 15.9. The summed E-state index contributed by atoms with van der Waals surface area (Å²) in [5.41, 5.74) is 5.04. The normalized spacial score (nSPS) is 23.5. The van der Waals surface area contributed by atoms with Gasteiger partial charge in [0.05, 0.1) is 0 Å². The van der Waals surface area contributed by atoms with E-state index < -0.39 is 5.41 Å². The minimum atomic E-state index is -0.629. The van der Waals surface area contributed by atoms with Crippen LogP contribution in [-0.2, 0) is 10.2 Å². The molecule has 0 radical (unpaired) electrons. The molecule has 1 amide bonds. The van der Waals surface area contributed by atoms with Crippen molar-refractivity contribution < 1.29 is 4.79 Å². The van der Waals surface area contributed by atoms with E-state index in [-0.39, 0.29) is 11.8 Å². The quantitative estimate of drug-likeness (QED) is 0.723. The number of nitrogens with one attached hydrogen (secondary N) is 1. The summed E-state index contributed by atoms with van der Waals surface area (Å²) < 4.78 is 0. The predicted molar refractivity (Wildman–Crippen MR) is 114 cm³/mol. The van der Waals surface area contributed by atoms with Crippen LogP contribution in [0.15, 0.2) is 78.9 Å². The summed E-state index contributed by atoms with van der Waals surface area (Å²) in [7, 11) is 0. The Kier molecular flexibility index (Phi) is 3.97. The fourth-order valence-electron chi connectivity index (χ4n) is 5.08. The van der Waals surface area contributed by atoms with E-state index in [0.29, 0.717) is 0 Å². The Morgan fingerprint density at radius 3 is 2.57 bits per heavy atom. The van der Waals surface area contributed by atoms with Crippen LogP contribution in [0.5, 0.6) is 0 Å². The van der Waals surface area contributed by atoms with E-state index in [1.807, 2.05) is 36.4 Å². The Balaban J connectivity index is 1.61. The molecule has 0 aromatic heterocycles. The van der Waals surface area contributed by atoms with Gasteiger partial charge in [0.2, 0.25) is 5.91 Å². The Hall–Kier alpha value is -3.07. The lowest BCUT2D eigenvalue weighted by molar-refractivity contribution is -0.120. The fourth-order valence-corrected chi connectivity index (χ4v) is 5.08. The van der Waals surface area contributed by atoms with Gasteiger partial charge in [-0.3, -0.25) is 4.79 Å². The van der Waals surface area contributed by atoms with Crippen LogP contribution in [0, 0.1) is 12.8 Å². The van der Waals surface area contributed by atoms with Crippen molar-refractivity contribution in [1.29, 1.82) is 0 Å². The van der Waals surface area contributed by atoms with Crippen molar-refractivity contribution in [2.24, 2.45) is 5.92 Å². The van der Waals surface area contributed by atoms with Crippen molar-refractivity contribution in [3.8, 4) is 0 Å². The van der Waals surface area contributed by atoms with E-state index in [1.54, 1.807) is 0 Å². The maximum atomic E-state index is 13.5. The molecule has 2 aliphatic heterocycles. The monoisotopic (exact) mass is 368 g/mol. The van der Waals surface area contributed by atoms with E-state index in [9.17, 15) is 4.79 Å². The summed E-state index contributed by atoms with van der Waals surface area (Å²) in [6.45, 7) is 3.97. The first-order chi connectivity index (χ1) is 13.7. The van der Waals surface area contributed by atoms with Crippen LogP contribution in [0.4, 0.5) is 11.4 Å². The van der Waals surface area contributed by atoms with Crippen molar-refractivity contribution in [2.45, 2.75) is 18.8 Å². The average molecular weight is 368 g/mol. The minimum absolute atomic E-state index is 0.107. The lowest BCUT2D eigenvalue weighted by atomic mass is 9.66. The number of aryl methyl sites for hydroxylation is 1. The molecule has 1 N–H and O–H groups in total. The first-order valence-corrected chi connectivity index (χ1v) is 9.97. The first-order valence-electron chi connectivity index (χ1n) is 9.97. The van der Waals surface area contributed by atoms with Crippen molar-refractivity contribution in [2.75, 3.05) is 23.3 Å². The molecule has 5 rings (SSSR count). The number of rotatable bonds is 3. The Labute approximate surface area is 166 Å². The largest absolute Gasteiger partial charge is 0.371 e. The van der Waals surface area contributed by atoms with E-state index in [0.717, 1.165) is 36.3 Å². The third kappa shape index (κ3) is 2.46. The van der Waals surface area contributed by atoms with E-state index in [2.05, 4.69) is 59.6 Å². The molecule has 28 heavy (non-hydrogen) atoms. The van der Waals surface area contributed by atoms with Crippen LogP contribution in [0.3, 0.4) is 0 Å². The number of carbonyl (C=O) groups excluding carboxylic acids is 1. The number of anilines is 2. The molecule has 1 fully saturated rings. The SMILES string of the molecule is Cc1cccc(N2CC[C@@H](C3(c4ccccc4)C(=O)Nc4ccccc43)C2)c1. The second kappa shape index (κ2) is 6.52. The topological polar surface area (TPSA) is 32.3 Å². The molecule has 3 heteroatoms. The molecular weight excluding hydrogens is 344 g/mol. The van der Waals surface area contributed by atoms with Crippen LogP contribution in [0.1, 0.15) is 23.1 Å². The number of nitrogens with zero attached hydrogens (tertiary/aromatic N) is 1. The van der Waals surface area contributed by atoms with Gasteiger partial charge < -0.3 is 10.2 Å². The first kappa shape index (κ1) is 17.1. The molecule has 3 aromatic carbocycles. The second-order valence-corrected chi connectivity index (χ2v) is 7.94. The van der Waals surface area contributed by atoms with Gasteiger partial charge in [0.15, 0.2) is 0 Å². The lowest BCUT2D eigenvalue weighted by Crippen LogP contribution is -2.44. The Morgan fingerprint density at radius 1 is 0.964 bits per heavy atom. The van der Waals surface area contributed by atoms with Gasteiger partial charge in [-0.1, -0.05) is 60.7 Å². The third-order valence-electron chi connectivity index (χ3n) is 6.35. The second-order valence-electron chi connectivity index (χ2n) is 7.94. The third-order valence-corrected chi connectivity index (χ3v) is 6.35. The number of amides is 1. The lowest BCUT2D eigenvalue weighted by Gasteiger charge is -2.34. The molecule has 1 saturated heterocycles. The van der Waals surface area contributed by atoms with Crippen LogP contribution in [-0.4, -0.2) is 19.0 Å². The molecule has 0 bridgehead atoms. The maximum absolute atomic E-state index is 13.5. The predicted octanol–water partition coefficient (Wildman–Crippen LogP) is 4.76. The van der Waals surface area contributed by atoms with Gasteiger partial charge in [-0.25, -0.2) is 0 Å². The molecule has 3 aromatic rings. The van der Waals surface area contributed by atoms with Crippen LogP contribution >= 0.6 is 0 Å². The standard InChI is InChI=1S/C25H24N2O/c1-18-8-7-11-21(16-18)27-15-14-20(17-27)25(19-9-3-2-4-10-19)22-12-5-6-13-23(22)26-24(25)28/h2-13,16,20H,14-15,17H2,1H3,(H,26,28)/t20-,25?/m1/s1. The van der Waals surface area contributed by atoms with Gasteiger partial charge in [-0.05, 0) is 48.2 Å². The molecule has 1 unspecified atom stereocenters. The summed E-state index contributed by atoms with van der Waals surface area (Å²) in [6.07, 6.45) is 0.991. The van der Waals surface area contributed by atoms with Gasteiger partial charge in [0.25, 0.3) is 0 Å². The van der Waals surface area contributed by atoms with Crippen molar-refractivity contribution >= 4 is 17.3 Å². The fraction of sp³-hybridized carbons (Fsp3) is 0.240. The highest BCUT2D eigenvalue weighted by Crippen LogP contribution is 2.50. The van der Waals surface area contributed by atoms with Crippen molar-refractivity contribution in [3.05, 3.63) is 95.6 Å². The zero-order valence-corrected chi connectivity index (χ0v) is 16.1. The molecule has 140 valence electrons. The molecule has 2 aliphatic rings. The van der Waals surface area contributed by atoms with Gasteiger partial charge in [0, 0.05) is 30.4 Å². The van der Waals surface area contributed by atoms with Crippen molar-refractivity contribution in [1.82, 2.24) is 0 Å². The van der Waals surface area contributed by atoms with Crippen LogP contribution < -0.4 is 10.2 Å². The van der Waals surface area contributed by atoms with E-state index in [4.69, 9.17) is 0 Å². The summed E-state index contributed by atoms with van der Waals surface area (Å²) in [6, 6.07) is 27.1. The molecular formula is C25H24N2O. The summed E-state index contributed by atoms with van der Waals surface area (Å²) >= 11 is 0. The van der Waals surface area contributed by atoms with Crippen LogP contribution in [0.2, 0.25) is 0 Å². The molecule has 2 atom stereocenters. The highest BCUT2D eigenvalue weighted by atomic mass is 16.2. The molecule has 2 heterocycles. The molecule has 0 aliphatic carbocycles. The van der Waals surface area contributed by atoms with Gasteiger partial charge >= 0.3 is 0 Å². The Morgan fingerprint density at radius 2 is 1.75 bits per heavy atom. The number of carbonyl (C=O) groups is 1. The van der Waals surface area contributed by atoms with Crippen molar-refractivity contribution in [3.63, 3.8) is 0 Å². The Bertz CT molecular complexity index is 1030. The highest BCUT2D eigenvalue weighted by molar-refractivity contribution is 6.09. The number of para-hydroxylation sites is 1. The van der Waals surface area contributed by atoms with Gasteiger partial charge in [0.1, 0.15) is 5.41 Å². The zero-order valence-electron chi connectivity index (χ0n) is 16.1. The average Bonchev–Trinajstić information content (AvgIpc) is 3.31. The molecule has 0 saturated carbocycles. The highest BCUT2D eigenvalue weighted by Gasteiger charge is 2.54. The number of hydrogen-bond acceptors (Lipinski definition) is 2. The van der Waals surface area contributed by atoms with Gasteiger partial charge in [-0.2, -0.15) is 0 Å². The number of benzene rings is 3. The van der Waals surface area contributed by atoms with E-state index >= 15 is 0 Å². The molecule has 0 spiro atoms. The maximum Gasteiger partial charge on any atom is 0.239 e. The summed E-state index contributed by atoms with van der Waals surface area (Å²) in [5, 5.41) is 3.17. The van der Waals surface area contributed by atoms with Crippen LogP contribution in [0.25, 0.3) is 0 Å². The number of hydrogen-bond donors (Lipinski definition) is 1. The smallest absolute Gasteiger partial charge is 0.239 e. The number of fused-ring (bicyclic) bond motifs is 1. The van der Waals surface area contributed by atoms with Gasteiger partial charge in [-0.15, -0.1) is 0 Å². The minimum Gasteiger partial charge on any atom is -0.371 e.